The van der Waals surface area contributed by atoms with Crippen molar-refractivity contribution < 1.29 is 24.5 Å². The lowest BCUT2D eigenvalue weighted by atomic mass is 9.65. The molecule has 0 aromatic heterocycles. The molecule has 1 saturated carbocycles. The summed E-state index contributed by atoms with van der Waals surface area (Å²) in [5, 5.41) is 23.2. The van der Waals surface area contributed by atoms with Gasteiger partial charge in [-0.2, -0.15) is 0 Å². The van der Waals surface area contributed by atoms with Crippen molar-refractivity contribution >= 4 is 22.6 Å². The normalized spacial score (nSPS) is 37.4. The first-order valence-corrected chi connectivity index (χ1v) is 9.75. The van der Waals surface area contributed by atoms with Gasteiger partial charge in [0.2, 0.25) is 11.8 Å². The van der Waals surface area contributed by atoms with E-state index in [0.29, 0.717) is 12.8 Å². The zero-order valence-electron chi connectivity index (χ0n) is 15.8. The van der Waals surface area contributed by atoms with Gasteiger partial charge >= 0.3 is 0 Å². The first kappa shape index (κ1) is 17.6. The number of likely N-dealkylation sites (tertiary alicyclic amines) is 1. The van der Waals surface area contributed by atoms with Crippen LogP contribution in [-0.2, 0) is 14.3 Å². The number of ether oxygens (including phenoxy) is 1. The number of carbonyl (C=O) groups excluding carboxylic acids is 2. The smallest absolute Gasteiger partial charge is 0.233 e. The van der Waals surface area contributed by atoms with Gasteiger partial charge in [-0.15, -0.1) is 0 Å². The summed E-state index contributed by atoms with van der Waals surface area (Å²) in [6.45, 7) is 1.89. The SMILES string of the molecule is C[C@H]1C[C@@H]2C(=O)N(C)C(=O)[C@@H]2[C@@H]2C[C@@H](c3ccc(O)c4ccccc34)O[C@]12O. The summed E-state index contributed by atoms with van der Waals surface area (Å²) >= 11 is 0. The zero-order chi connectivity index (χ0) is 19.8. The summed E-state index contributed by atoms with van der Waals surface area (Å²) in [6.07, 6.45) is 0.495. The average molecular weight is 381 g/mol. The van der Waals surface area contributed by atoms with Crippen LogP contribution in [0.5, 0.6) is 5.75 Å². The quantitative estimate of drug-likeness (QED) is 0.742. The lowest BCUT2D eigenvalue weighted by Crippen LogP contribution is -2.52. The topological polar surface area (TPSA) is 87.1 Å². The number of amides is 2. The number of aromatic hydroxyl groups is 1. The number of rotatable bonds is 1. The van der Waals surface area contributed by atoms with Gasteiger partial charge in [0, 0.05) is 24.3 Å². The van der Waals surface area contributed by atoms with Crippen LogP contribution >= 0.6 is 0 Å². The second kappa shape index (κ2) is 5.78. The van der Waals surface area contributed by atoms with Crippen molar-refractivity contribution in [3.05, 3.63) is 42.0 Å². The predicted octanol–water partition coefficient (Wildman–Crippen LogP) is 2.58. The van der Waals surface area contributed by atoms with E-state index in [-0.39, 0.29) is 29.4 Å². The van der Waals surface area contributed by atoms with Crippen LogP contribution in [0.3, 0.4) is 0 Å². The van der Waals surface area contributed by atoms with Gasteiger partial charge in [0.25, 0.3) is 0 Å². The third-order valence-electron chi connectivity index (χ3n) is 7.06. The molecule has 6 nitrogen and oxygen atoms in total. The van der Waals surface area contributed by atoms with E-state index in [2.05, 4.69) is 0 Å². The minimum atomic E-state index is -1.44. The molecule has 2 aromatic carbocycles. The van der Waals surface area contributed by atoms with E-state index in [4.69, 9.17) is 4.74 Å². The summed E-state index contributed by atoms with van der Waals surface area (Å²) in [4.78, 5) is 26.5. The van der Waals surface area contributed by atoms with Gasteiger partial charge in [-0.05, 0) is 29.9 Å². The molecule has 0 unspecified atom stereocenters. The Bertz CT molecular complexity index is 1000. The van der Waals surface area contributed by atoms with E-state index in [9.17, 15) is 19.8 Å². The van der Waals surface area contributed by atoms with Crippen LogP contribution in [0.25, 0.3) is 10.8 Å². The molecule has 2 heterocycles. The third-order valence-corrected chi connectivity index (χ3v) is 7.06. The van der Waals surface area contributed by atoms with E-state index in [0.717, 1.165) is 16.3 Å². The van der Waals surface area contributed by atoms with E-state index in [1.807, 2.05) is 37.3 Å². The van der Waals surface area contributed by atoms with Gasteiger partial charge in [-0.1, -0.05) is 37.3 Å². The Kier molecular flexibility index (Phi) is 3.64. The maximum atomic E-state index is 12.7. The van der Waals surface area contributed by atoms with Crippen molar-refractivity contribution in [2.75, 3.05) is 7.05 Å². The van der Waals surface area contributed by atoms with Crippen molar-refractivity contribution in [1.82, 2.24) is 4.90 Å². The number of aliphatic hydroxyl groups is 1. The molecule has 2 N–H and O–H groups in total. The molecule has 6 atom stereocenters. The fraction of sp³-hybridized carbons (Fsp3) is 0.455. The van der Waals surface area contributed by atoms with Gasteiger partial charge in [0.05, 0.1) is 17.9 Å². The predicted molar refractivity (Wildman–Crippen MR) is 101 cm³/mol. The van der Waals surface area contributed by atoms with Gasteiger partial charge in [0.15, 0.2) is 5.79 Å². The Morgan fingerprint density at radius 3 is 2.54 bits per heavy atom. The minimum Gasteiger partial charge on any atom is -0.507 e. The molecule has 2 aliphatic heterocycles. The van der Waals surface area contributed by atoms with Crippen molar-refractivity contribution in [2.24, 2.45) is 23.7 Å². The molecule has 28 heavy (non-hydrogen) atoms. The molecule has 146 valence electrons. The van der Waals surface area contributed by atoms with Crippen molar-refractivity contribution in [3.63, 3.8) is 0 Å². The summed E-state index contributed by atoms with van der Waals surface area (Å²) in [5.74, 6) is -3.21. The second-order valence-electron chi connectivity index (χ2n) is 8.42. The number of hydrogen-bond donors (Lipinski definition) is 2. The van der Waals surface area contributed by atoms with Crippen LogP contribution in [0.1, 0.15) is 31.4 Å². The number of benzene rings is 2. The van der Waals surface area contributed by atoms with Crippen molar-refractivity contribution in [2.45, 2.75) is 31.7 Å². The zero-order valence-corrected chi connectivity index (χ0v) is 15.8. The van der Waals surface area contributed by atoms with E-state index >= 15 is 0 Å². The molecule has 2 amide bonds. The number of phenols is 1. The molecule has 5 rings (SSSR count). The fourth-order valence-corrected chi connectivity index (χ4v) is 5.58. The molecule has 0 spiro atoms. The lowest BCUT2D eigenvalue weighted by Gasteiger charge is -2.43. The number of carbonyl (C=O) groups is 2. The Labute approximate surface area is 162 Å². The fourth-order valence-electron chi connectivity index (χ4n) is 5.58. The lowest BCUT2D eigenvalue weighted by molar-refractivity contribution is -0.265. The minimum absolute atomic E-state index is 0.151. The monoisotopic (exact) mass is 381 g/mol. The number of fused-ring (bicyclic) bond motifs is 4. The average Bonchev–Trinajstić information content (AvgIpc) is 3.14. The Balaban J connectivity index is 1.58. The second-order valence-corrected chi connectivity index (χ2v) is 8.42. The number of imide groups is 1. The van der Waals surface area contributed by atoms with Crippen LogP contribution in [0.15, 0.2) is 36.4 Å². The molecule has 1 aliphatic carbocycles. The van der Waals surface area contributed by atoms with Crippen molar-refractivity contribution in [3.8, 4) is 5.75 Å². The summed E-state index contributed by atoms with van der Waals surface area (Å²) in [5.41, 5.74) is 0.880. The molecular weight excluding hydrogens is 358 g/mol. The Morgan fingerprint density at radius 2 is 1.79 bits per heavy atom. The highest BCUT2D eigenvalue weighted by molar-refractivity contribution is 6.05. The number of nitrogens with zero attached hydrogens (tertiary/aromatic N) is 1. The third kappa shape index (κ3) is 2.16. The van der Waals surface area contributed by atoms with Gasteiger partial charge < -0.3 is 14.9 Å². The van der Waals surface area contributed by atoms with E-state index in [1.54, 1.807) is 6.07 Å². The standard InChI is InChI=1S/C22H23NO5/c1-11-9-15-19(21(26)23(2)20(15)25)16-10-18(28-22(11,16)27)14-7-8-17(24)13-6-4-3-5-12(13)14/h3-8,11,15-16,18-19,24,27H,9-10H2,1-2H3/t11-,15-,16-,18-,19-,22+/m0/s1. The van der Waals surface area contributed by atoms with Crippen LogP contribution in [-0.4, -0.2) is 39.8 Å². The first-order chi connectivity index (χ1) is 13.3. The maximum absolute atomic E-state index is 12.7. The molecule has 2 aromatic rings. The molecule has 0 bridgehead atoms. The summed E-state index contributed by atoms with van der Waals surface area (Å²) in [7, 11) is 1.52. The first-order valence-electron chi connectivity index (χ1n) is 9.75. The maximum Gasteiger partial charge on any atom is 0.233 e. The number of hydrogen-bond acceptors (Lipinski definition) is 5. The highest BCUT2D eigenvalue weighted by Crippen LogP contribution is 2.58. The van der Waals surface area contributed by atoms with E-state index in [1.165, 1.54) is 11.9 Å². The van der Waals surface area contributed by atoms with Gasteiger partial charge in [-0.3, -0.25) is 14.5 Å². The van der Waals surface area contributed by atoms with Crippen LogP contribution in [0.2, 0.25) is 0 Å². The molecular formula is C22H23NO5. The van der Waals surface area contributed by atoms with Gasteiger partial charge in [-0.25, -0.2) is 0 Å². The molecule has 6 heteroatoms. The van der Waals surface area contributed by atoms with Gasteiger partial charge in [0.1, 0.15) is 5.75 Å². The van der Waals surface area contributed by atoms with E-state index < -0.39 is 23.7 Å². The summed E-state index contributed by atoms with van der Waals surface area (Å²) < 4.78 is 6.22. The molecule has 3 fully saturated rings. The molecule has 0 radical (unpaired) electrons. The van der Waals surface area contributed by atoms with Crippen LogP contribution < -0.4 is 0 Å². The highest BCUT2D eigenvalue weighted by atomic mass is 16.6. The molecule has 3 aliphatic rings. The summed E-state index contributed by atoms with van der Waals surface area (Å²) in [6, 6.07) is 11.0. The Hall–Kier alpha value is -2.44. The number of phenolic OH excluding ortho intramolecular Hbond substituents is 1. The highest BCUT2D eigenvalue weighted by Gasteiger charge is 2.65. The largest absolute Gasteiger partial charge is 0.507 e. The van der Waals surface area contributed by atoms with Crippen molar-refractivity contribution in [1.29, 1.82) is 0 Å². The van der Waals surface area contributed by atoms with Crippen LogP contribution in [0.4, 0.5) is 0 Å². The molecule has 2 saturated heterocycles. The Morgan fingerprint density at radius 1 is 1.07 bits per heavy atom. The van der Waals surface area contributed by atoms with Crippen LogP contribution in [0, 0.1) is 23.7 Å².